The lowest BCUT2D eigenvalue weighted by atomic mass is 9.76. The molecule has 0 aromatic carbocycles. The second-order valence-corrected chi connectivity index (χ2v) is 5.33. The van der Waals surface area contributed by atoms with E-state index in [4.69, 9.17) is 5.11 Å². The first-order chi connectivity index (χ1) is 6.39. The Hall–Kier alpha value is -0.570. The van der Waals surface area contributed by atoms with Gasteiger partial charge in [-0.2, -0.15) is 0 Å². The van der Waals surface area contributed by atoms with Crippen LogP contribution in [0.3, 0.4) is 0 Å². The van der Waals surface area contributed by atoms with Gasteiger partial charge in [-0.1, -0.05) is 20.8 Å². The van der Waals surface area contributed by atoms with Crippen molar-refractivity contribution < 1.29 is 9.90 Å². The van der Waals surface area contributed by atoms with Gasteiger partial charge < -0.3 is 5.11 Å². The second-order valence-electron chi connectivity index (χ2n) is 5.33. The fraction of sp³-hybridized carbons (Fsp3) is 0.909. The molecule has 1 heterocycles. The molecule has 1 unspecified atom stereocenters. The molecule has 0 aromatic heterocycles. The number of hydrogen-bond donors (Lipinski definition) is 1. The van der Waals surface area contributed by atoms with Crippen LogP contribution in [0.15, 0.2) is 0 Å². The van der Waals surface area contributed by atoms with E-state index in [1.54, 1.807) is 0 Å². The Kier molecular flexibility index (Phi) is 3.53. The fourth-order valence-electron chi connectivity index (χ4n) is 2.10. The third kappa shape index (κ3) is 3.29. The Balaban J connectivity index is 2.48. The van der Waals surface area contributed by atoms with Gasteiger partial charge in [-0.3, -0.25) is 9.69 Å². The number of rotatable bonds is 2. The van der Waals surface area contributed by atoms with Crippen LogP contribution in [0.2, 0.25) is 0 Å². The van der Waals surface area contributed by atoms with E-state index in [2.05, 4.69) is 25.7 Å². The maximum atomic E-state index is 10.6. The quantitative estimate of drug-likeness (QED) is 0.737. The van der Waals surface area contributed by atoms with Crippen molar-refractivity contribution in [1.82, 2.24) is 4.90 Å². The van der Waals surface area contributed by atoms with Crippen LogP contribution in [0.25, 0.3) is 0 Å². The Morgan fingerprint density at radius 2 is 2.14 bits per heavy atom. The summed E-state index contributed by atoms with van der Waals surface area (Å²) >= 11 is 0. The molecule has 3 nitrogen and oxygen atoms in total. The lowest BCUT2D eigenvalue weighted by Crippen LogP contribution is -2.42. The molecule has 1 rings (SSSR count). The molecule has 3 heteroatoms. The number of hydrogen-bond acceptors (Lipinski definition) is 2. The minimum atomic E-state index is -0.709. The molecule has 1 aliphatic rings. The van der Waals surface area contributed by atoms with Gasteiger partial charge in [0.25, 0.3) is 0 Å². The van der Waals surface area contributed by atoms with E-state index in [0.29, 0.717) is 11.3 Å². The van der Waals surface area contributed by atoms with Crippen LogP contribution in [-0.4, -0.2) is 35.6 Å². The lowest BCUT2D eigenvalue weighted by Gasteiger charge is -2.39. The van der Waals surface area contributed by atoms with E-state index in [9.17, 15) is 4.79 Å². The summed E-state index contributed by atoms with van der Waals surface area (Å²) < 4.78 is 0. The highest BCUT2D eigenvalue weighted by atomic mass is 16.4. The van der Waals surface area contributed by atoms with E-state index in [1.165, 1.54) is 6.42 Å². The molecule has 14 heavy (non-hydrogen) atoms. The highest BCUT2D eigenvalue weighted by molar-refractivity contribution is 5.69. The van der Waals surface area contributed by atoms with Gasteiger partial charge >= 0.3 is 5.97 Å². The van der Waals surface area contributed by atoms with Crippen LogP contribution in [0.4, 0.5) is 0 Å². The van der Waals surface area contributed by atoms with Gasteiger partial charge in [0.15, 0.2) is 0 Å². The van der Waals surface area contributed by atoms with Crippen LogP contribution in [0.5, 0.6) is 0 Å². The van der Waals surface area contributed by atoms with Gasteiger partial charge in [0, 0.05) is 6.54 Å². The number of nitrogens with zero attached hydrogens (tertiary/aromatic N) is 1. The average Bonchev–Trinajstić information content (AvgIpc) is 2.01. The molecule has 0 amide bonds. The van der Waals surface area contributed by atoms with Crippen molar-refractivity contribution in [3.05, 3.63) is 0 Å². The summed E-state index contributed by atoms with van der Waals surface area (Å²) in [6, 6.07) is 0. The van der Waals surface area contributed by atoms with E-state index in [-0.39, 0.29) is 6.54 Å². The third-order valence-corrected chi connectivity index (χ3v) is 3.09. The number of piperidine rings is 1. The Morgan fingerprint density at radius 1 is 1.50 bits per heavy atom. The van der Waals surface area contributed by atoms with Crippen LogP contribution in [-0.2, 0) is 4.79 Å². The van der Waals surface area contributed by atoms with Crippen molar-refractivity contribution >= 4 is 5.97 Å². The number of carboxylic acid groups (broad SMARTS) is 1. The minimum absolute atomic E-state index is 0.201. The van der Waals surface area contributed by atoms with Crippen molar-refractivity contribution in [3.8, 4) is 0 Å². The monoisotopic (exact) mass is 199 g/mol. The Bertz CT molecular complexity index is 208. The van der Waals surface area contributed by atoms with Gasteiger partial charge in [-0.05, 0) is 30.7 Å². The van der Waals surface area contributed by atoms with Crippen LogP contribution < -0.4 is 0 Å². The first-order valence-electron chi connectivity index (χ1n) is 5.34. The van der Waals surface area contributed by atoms with Gasteiger partial charge in [0.2, 0.25) is 0 Å². The second kappa shape index (κ2) is 4.30. The van der Waals surface area contributed by atoms with Crippen LogP contribution in [0, 0.1) is 11.3 Å². The number of carbonyl (C=O) groups is 1. The van der Waals surface area contributed by atoms with E-state index >= 15 is 0 Å². The molecule has 1 N–H and O–H groups in total. The zero-order valence-corrected chi connectivity index (χ0v) is 9.42. The number of aliphatic carboxylic acids is 1. The van der Waals surface area contributed by atoms with Crippen molar-refractivity contribution in [2.24, 2.45) is 11.3 Å². The lowest BCUT2D eigenvalue weighted by molar-refractivity contribution is -0.139. The Morgan fingerprint density at radius 3 is 2.64 bits per heavy atom. The number of likely N-dealkylation sites (tertiary alicyclic amines) is 1. The highest BCUT2D eigenvalue weighted by Crippen LogP contribution is 2.32. The van der Waals surface area contributed by atoms with E-state index in [0.717, 1.165) is 19.5 Å². The van der Waals surface area contributed by atoms with Gasteiger partial charge in [-0.25, -0.2) is 0 Å². The van der Waals surface area contributed by atoms with Gasteiger partial charge in [-0.15, -0.1) is 0 Å². The summed E-state index contributed by atoms with van der Waals surface area (Å²) in [6.45, 7) is 8.80. The summed E-state index contributed by atoms with van der Waals surface area (Å²) in [7, 11) is 0. The highest BCUT2D eigenvalue weighted by Gasteiger charge is 2.29. The maximum Gasteiger partial charge on any atom is 0.317 e. The standard InChI is InChI=1S/C11H21NO2/c1-11(2,3)9-5-4-6-12(7-9)8-10(13)14/h9H,4-8H2,1-3H3,(H,13,14). The minimum Gasteiger partial charge on any atom is -0.480 e. The maximum absolute atomic E-state index is 10.6. The molecule has 1 saturated heterocycles. The van der Waals surface area contributed by atoms with Crippen molar-refractivity contribution in [1.29, 1.82) is 0 Å². The molecule has 82 valence electrons. The molecule has 0 radical (unpaired) electrons. The number of carboxylic acids is 1. The van der Waals surface area contributed by atoms with Crippen molar-refractivity contribution in [2.45, 2.75) is 33.6 Å². The first-order valence-corrected chi connectivity index (χ1v) is 5.34. The summed E-state index contributed by atoms with van der Waals surface area (Å²) in [5, 5.41) is 8.71. The SMILES string of the molecule is CC(C)(C)C1CCCN(CC(=O)O)C1. The van der Waals surface area contributed by atoms with Gasteiger partial charge in [0.1, 0.15) is 0 Å². The topological polar surface area (TPSA) is 40.5 Å². The first kappa shape index (κ1) is 11.5. The predicted molar refractivity (Wildman–Crippen MR) is 56.3 cm³/mol. The van der Waals surface area contributed by atoms with Gasteiger partial charge in [0.05, 0.1) is 6.54 Å². The van der Waals surface area contributed by atoms with Crippen LogP contribution in [0.1, 0.15) is 33.6 Å². The van der Waals surface area contributed by atoms with E-state index < -0.39 is 5.97 Å². The summed E-state index contributed by atoms with van der Waals surface area (Å²) in [5.74, 6) is -0.0739. The molecule has 0 bridgehead atoms. The van der Waals surface area contributed by atoms with E-state index in [1.807, 2.05) is 0 Å². The molecule has 0 aromatic rings. The van der Waals surface area contributed by atoms with Crippen molar-refractivity contribution in [3.63, 3.8) is 0 Å². The summed E-state index contributed by atoms with van der Waals surface area (Å²) in [5.41, 5.74) is 0.303. The average molecular weight is 199 g/mol. The molecule has 0 spiro atoms. The van der Waals surface area contributed by atoms with Crippen molar-refractivity contribution in [2.75, 3.05) is 19.6 Å². The van der Waals surface area contributed by atoms with Crippen LogP contribution >= 0.6 is 0 Å². The fourth-order valence-corrected chi connectivity index (χ4v) is 2.10. The molecule has 1 fully saturated rings. The molecule has 1 atom stereocenters. The largest absolute Gasteiger partial charge is 0.480 e. The molecular weight excluding hydrogens is 178 g/mol. The molecular formula is C11H21NO2. The summed E-state index contributed by atoms with van der Waals surface area (Å²) in [4.78, 5) is 12.6. The Labute approximate surface area is 86.1 Å². The zero-order valence-electron chi connectivity index (χ0n) is 9.42. The predicted octanol–water partition coefficient (Wildman–Crippen LogP) is 1.83. The molecule has 0 aliphatic carbocycles. The third-order valence-electron chi connectivity index (χ3n) is 3.09. The smallest absolute Gasteiger partial charge is 0.317 e. The normalized spacial score (nSPS) is 24.9. The molecule has 0 saturated carbocycles. The molecule has 1 aliphatic heterocycles. The zero-order chi connectivity index (χ0) is 10.8. The summed E-state index contributed by atoms with van der Waals surface area (Å²) in [6.07, 6.45) is 2.37.